The number of aryl methyl sites for hydroxylation is 2. The van der Waals surface area contributed by atoms with Crippen LogP contribution in [0.5, 0.6) is 0 Å². The van der Waals surface area contributed by atoms with E-state index in [4.69, 9.17) is 23.7 Å². The molecule has 2 aromatic rings. The van der Waals surface area contributed by atoms with Crippen LogP contribution in [0, 0.1) is 0 Å². The van der Waals surface area contributed by atoms with Crippen molar-refractivity contribution < 1.29 is 89.1 Å². The highest BCUT2D eigenvalue weighted by Gasteiger charge is 2.57. The van der Waals surface area contributed by atoms with Crippen LogP contribution in [-0.4, -0.2) is 340 Å². The van der Waals surface area contributed by atoms with Gasteiger partial charge in [-0.05, 0) is 170 Å². The van der Waals surface area contributed by atoms with Crippen LogP contribution >= 0.6 is 34.4 Å². The molecule has 8 aliphatic rings. The summed E-state index contributed by atoms with van der Waals surface area (Å²) in [5.41, 5.74) is -5.14. The molecular weight excluding hydrogens is 1600 g/mol. The van der Waals surface area contributed by atoms with E-state index in [0.29, 0.717) is 80.0 Å². The summed E-state index contributed by atoms with van der Waals surface area (Å²) in [5.74, 6) is 0.115. The van der Waals surface area contributed by atoms with Gasteiger partial charge in [0.2, 0.25) is 0 Å². The minimum Gasteiger partial charge on any atom is -0.388 e. The summed E-state index contributed by atoms with van der Waals surface area (Å²) < 4.78 is 31.6. The standard InChI is InChI=1S/C17H27N2O5P.C16H27N2O5P.3C15H25N2O4P.CH4/c1-5-6-7-11-10-19(17(23)18-15(11)22)16-14(21)13(20)12(24-16)8-9-25(2,3)4;1-5-6-10-9-18(16(22)17-14(10)21)15-13(20)12(19)11(23-15)7-8-24(2,3)4;2*1-10-16-12(18)6-8-17(10)14-15(2,20)13(19)11(21-14)7-9-22(3,4)5;1-10-16-11(18)6-8-17(10)14-12(19)13(20)15(2,21-14)7-9-22(3,4)5;/h5,10,12-14,16,20-21H,1-2,6-9H2,3-4H3,(H,18,22,23);9,11-13,15,19-20H,2,5-8H2,1,3-4H3,(H,17,21,22);2*6,8,11,13-14,19-20H,1,3,7,9H2,2,4-5H3,(H,16,18);6,8,12-14,19-20H,1,3,7,9H2,2,4-5H3,(H,16,18);1H4/t12-,13-,14?,16-;11-,12-,13?,15-;11-,13-,14-,15+;11-,13-,14-,15-;12?,13-,14+,15+;/m11110./s1. The Morgan fingerprint density at radius 1 is 0.457 bits per heavy atom. The van der Waals surface area contributed by atoms with Crippen LogP contribution in [0.15, 0.2) is 118 Å². The maximum atomic E-state index is 12.1. The van der Waals surface area contributed by atoms with Crippen molar-refractivity contribution in [2.24, 2.45) is 0 Å². The Morgan fingerprint density at radius 2 is 0.784 bits per heavy atom. The molecule has 10 heterocycles. The van der Waals surface area contributed by atoms with Gasteiger partial charge in [0.1, 0.15) is 77.5 Å². The van der Waals surface area contributed by atoms with E-state index >= 15 is 0 Å². The number of hydrogen-bond acceptors (Lipinski definition) is 25. The molecule has 116 heavy (non-hydrogen) atoms. The maximum Gasteiger partial charge on any atom is 0.330 e. The average Bonchev–Trinajstić information content (AvgIpc) is 1.62. The number of amides is 3. The first kappa shape index (κ1) is 101. The summed E-state index contributed by atoms with van der Waals surface area (Å²) in [6, 6.07) is 0. The van der Waals surface area contributed by atoms with Crippen LogP contribution in [0.1, 0.15) is 104 Å². The van der Waals surface area contributed by atoms with Gasteiger partial charge in [0.25, 0.3) is 28.8 Å². The van der Waals surface area contributed by atoms with E-state index in [2.05, 4.69) is 150 Å². The summed E-state index contributed by atoms with van der Waals surface area (Å²) in [6.07, 6.45) is 28.0. The second-order valence-electron chi connectivity index (χ2n) is 34.6. The van der Waals surface area contributed by atoms with E-state index in [1.807, 2.05) is 6.92 Å². The van der Waals surface area contributed by atoms with Crippen LogP contribution < -0.4 is 38.4 Å². The molecular formula is C79H133N10O22P5. The van der Waals surface area contributed by atoms with Gasteiger partial charge in [-0.15, -0.1) is 72.5 Å². The zero-order valence-electron chi connectivity index (χ0n) is 69.1. The van der Waals surface area contributed by atoms with Crippen molar-refractivity contribution in [3.05, 3.63) is 152 Å². The molecule has 20 atom stereocenters. The van der Waals surface area contributed by atoms with Gasteiger partial charge in [0.05, 0.1) is 30.0 Å². The maximum absolute atomic E-state index is 12.1. The van der Waals surface area contributed by atoms with Crippen molar-refractivity contribution in [1.82, 2.24) is 49.8 Å². The Labute approximate surface area is 682 Å². The number of aromatic amines is 2. The van der Waals surface area contributed by atoms with Crippen molar-refractivity contribution in [3.63, 3.8) is 0 Å². The third-order valence-corrected chi connectivity index (χ3v) is 27.9. The number of rotatable bonds is 25. The first-order valence-corrected chi connectivity index (χ1v) is 53.4. The van der Waals surface area contributed by atoms with Gasteiger partial charge in [0, 0.05) is 60.3 Å². The molecule has 0 aromatic carbocycles. The number of carbonyl (C=O) groups is 3. The molecule has 5 saturated heterocycles. The van der Waals surface area contributed by atoms with Crippen molar-refractivity contribution in [2.45, 2.75) is 214 Å². The number of hydrogen-bond donors (Lipinski definition) is 15. The lowest BCUT2D eigenvalue weighted by molar-refractivity contribution is -0.124. The molecule has 0 radical (unpaired) electrons. The zero-order chi connectivity index (χ0) is 87.0. The lowest BCUT2D eigenvalue weighted by Gasteiger charge is -2.37. The largest absolute Gasteiger partial charge is 0.388 e. The molecule has 0 aliphatic carbocycles. The topological polar surface area (TPSA) is 455 Å². The van der Waals surface area contributed by atoms with Gasteiger partial charge in [-0.2, -0.15) is 0 Å². The van der Waals surface area contributed by atoms with E-state index in [1.54, 1.807) is 13.0 Å². The quantitative estimate of drug-likeness (QED) is 0.0500. The fourth-order valence-electron chi connectivity index (χ4n) is 13.6. The summed E-state index contributed by atoms with van der Waals surface area (Å²) in [4.78, 5) is 90.9. The highest BCUT2D eigenvalue weighted by molar-refractivity contribution is 7.73. The number of aliphatic hydroxyl groups excluding tert-OH is 8. The van der Waals surface area contributed by atoms with Crippen molar-refractivity contribution >= 4 is 83.6 Å². The number of H-pyrrole nitrogens is 2. The molecule has 0 bridgehead atoms. The SMILES string of the molecule is C.C=C1NC(=O)C=CN1[C@@H]1O[C@H](CCP(=C)(C)C)[C@@H](O)[C@@]1(C)O.C=C1NC(=O)C=CN1[C@@H]1O[C@H](CCP(=C)(C)C)[C@@H](O)[C@]1(C)O.C=C1NC(=O)C=CN1[C@@H]1O[C@](C)(CCP(=C)(C)C)[C@@H](O)C1O.C=CCCc1cn([C@@H]2O[C@H](CCP(=C)(C)C)[C@@H](O)C2O)c(=O)[nH]c1=O.C=P(C)(C)CC[C@H]1O[C@@H](n2cc(CCC)c(=O)[nH]c2=O)C(O)[C@@H]1O. The molecule has 0 saturated carbocycles. The minimum atomic E-state index is -1.47. The highest BCUT2D eigenvalue weighted by Crippen LogP contribution is 2.47. The fraction of sp³-hybridized carbons (Fsp3) is 0.620. The molecule has 5 fully saturated rings. The highest BCUT2D eigenvalue weighted by atomic mass is 31.2. The Morgan fingerprint density at radius 3 is 1.10 bits per heavy atom. The molecule has 0 spiro atoms. The van der Waals surface area contributed by atoms with E-state index in [1.165, 1.54) is 82.3 Å². The van der Waals surface area contributed by atoms with Crippen LogP contribution in [0.4, 0.5) is 0 Å². The van der Waals surface area contributed by atoms with Crippen molar-refractivity contribution in [2.75, 3.05) is 97.5 Å². The third kappa shape index (κ3) is 27.1. The number of ether oxygens (including phenoxy) is 5. The normalized spacial score (nSPS) is 31.9. The van der Waals surface area contributed by atoms with Crippen LogP contribution in [0.2, 0.25) is 0 Å². The predicted octanol–water partition coefficient (Wildman–Crippen LogP) is 2.24. The minimum absolute atomic E-state index is 0. The lowest BCUT2D eigenvalue weighted by Crippen LogP contribution is -2.53. The number of aliphatic hydroxyl groups is 10. The Hall–Kier alpha value is -5.75. The molecule has 2 aromatic heterocycles. The molecule has 10 rings (SSSR count). The van der Waals surface area contributed by atoms with Gasteiger partial charge in [0.15, 0.2) is 31.1 Å². The number of allylic oxidation sites excluding steroid dienone is 1. The molecule has 15 N–H and O–H groups in total. The Kier molecular flexibility index (Phi) is 35.4. The number of aromatic nitrogens is 4. The molecule has 32 nitrogen and oxygen atoms in total. The summed E-state index contributed by atoms with van der Waals surface area (Å²) >= 11 is 0. The Bertz CT molecular complexity index is 4350. The Balaban J connectivity index is 0.000000258. The summed E-state index contributed by atoms with van der Waals surface area (Å²) in [5, 5.41) is 112. The first-order chi connectivity index (χ1) is 52.8. The number of nitrogens with zero attached hydrogens (tertiary/aromatic N) is 5. The van der Waals surface area contributed by atoms with Crippen molar-refractivity contribution in [1.29, 1.82) is 0 Å². The van der Waals surface area contributed by atoms with Gasteiger partial charge in [-0.3, -0.25) is 43.1 Å². The predicted molar refractivity (Wildman–Crippen MR) is 471 cm³/mol. The van der Waals surface area contributed by atoms with Crippen LogP contribution in [0.3, 0.4) is 0 Å². The van der Waals surface area contributed by atoms with E-state index in [0.717, 1.165) is 41.8 Å². The number of carbonyl (C=O) groups excluding carboxylic acids is 3. The van der Waals surface area contributed by atoms with Crippen LogP contribution in [0.25, 0.3) is 0 Å². The monoisotopic (exact) mass is 1730 g/mol. The summed E-state index contributed by atoms with van der Waals surface area (Å²) in [6.45, 7) is 36.4. The zero-order valence-corrected chi connectivity index (χ0v) is 73.6. The van der Waals surface area contributed by atoms with E-state index < -0.39 is 178 Å². The van der Waals surface area contributed by atoms with Crippen molar-refractivity contribution in [3.8, 4) is 0 Å². The molecule has 3 amide bonds. The fourth-order valence-corrected chi connectivity index (χ4v) is 18.4. The van der Waals surface area contributed by atoms with Gasteiger partial charge in [-0.25, -0.2) is 9.59 Å². The molecule has 656 valence electrons. The van der Waals surface area contributed by atoms with Gasteiger partial charge < -0.3 is 105 Å². The van der Waals surface area contributed by atoms with Gasteiger partial charge >= 0.3 is 11.4 Å². The van der Waals surface area contributed by atoms with Crippen LogP contribution in [-0.2, 0) is 50.9 Å². The van der Waals surface area contributed by atoms with E-state index in [9.17, 15) is 84.6 Å². The third-order valence-electron chi connectivity index (χ3n) is 20.5. The summed E-state index contributed by atoms with van der Waals surface area (Å²) in [7, 11) is 0. The molecule has 3 unspecified atom stereocenters. The molecule has 8 aliphatic heterocycles. The van der Waals surface area contributed by atoms with Gasteiger partial charge in [-0.1, -0.05) is 46.6 Å². The lowest BCUT2D eigenvalue weighted by atomic mass is 9.94. The second-order valence-corrected chi connectivity index (χ2v) is 56.2. The first-order valence-electron chi connectivity index (χ1n) is 38.1. The van der Waals surface area contributed by atoms with E-state index in [-0.39, 0.29) is 25.1 Å². The smallest absolute Gasteiger partial charge is 0.330 e. The second kappa shape index (κ2) is 40.7. The average molecular weight is 1730 g/mol. The number of nitrogens with one attached hydrogen (secondary N) is 5. The molecule has 37 heteroatoms.